The van der Waals surface area contributed by atoms with Gasteiger partial charge in [0.2, 0.25) is 0 Å². The van der Waals surface area contributed by atoms with Crippen molar-refractivity contribution in [3.05, 3.63) is 71.3 Å². The van der Waals surface area contributed by atoms with Gasteiger partial charge in [-0.2, -0.15) is 0 Å². The summed E-state index contributed by atoms with van der Waals surface area (Å²) in [4.78, 5) is 16.6. The number of hydrogen-bond acceptors (Lipinski definition) is 3. The molecule has 0 fully saturated rings. The van der Waals surface area contributed by atoms with Crippen LogP contribution in [-0.4, -0.2) is 38.1 Å². The predicted molar refractivity (Wildman–Crippen MR) is 143 cm³/mol. The van der Waals surface area contributed by atoms with E-state index in [9.17, 15) is 4.79 Å². The first kappa shape index (κ1) is 27.9. The van der Waals surface area contributed by atoms with Gasteiger partial charge >= 0.3 is 0 Å². The van der Waals surface area contributed by atoms with E-state index < -0.39 is 0 Å². The molecule has 6 nitrogen and oxygen atoms in total. The fourth-order valence-corrected chi connectivity index (χ4v) is 2.92. The van der Waals surface area contributed by atoms with Crippen molar-refractivity contribution in [2.75, 3.05) is 20.2 Å². The molecule has 2 rings (SSSR count). The van der Waals surface area contributed by atoms with Crippen LogP contribution in [-0.2, 0) is 17.9 Å². The van der Waals surface area contributed by atoms with Gasteiger partial charge in [0.15, 0.2) is 5.96 Å². The maximum absolute atomic E-state index is 12.3. The van der Waals surface area contributed by atoms with E-state index in [1.165, 1.54) is 5.56 Å². The molecule has 2 aromatic carbocycles. The number of ether oxygens (including phenoxy) is 1. The third kappa shape index (κ3) is 10.5. The van der Waals surface area contributed by atoms with Crippen LogP contribution in [0.5, 0.6) is 0 Å². The van der Waals surface area contributed by atoms with Crippen LogP contribution in [0.3, 0.4) is 0 Å². The second-order valence-electron chi connectivity index (χ2n) is 7.90. The van der Waals surface area contributed by atoms with Gasteiger partial charge in [0, 0.05) is 31.7 Å². The van der Waals surface area contributed by atoms with Crippen LogP contribution in [0, 0.1) is 5.92 Å². The smallest absolute Gasteiger partial charge is 0.251 e. The molecule has 0 aliphatic carbocycles. The molecule has 32 heavy (non-hydrogen) atoms. The number of rotatable bonds is 11. The topological polar surface area (TPSA) is 74.8 Å². The molecule has 0 saturated heterocycles. The number of benzene rings is 2. The highest BCUT2D eigenvalue weighted by Gasteiger charge is 2.09. The molecular formula is C25H37IN4O2. The Morgan fingerprint density at radius 2 is 1.75 bits per heavy atom. The molecule has 2 unspecified atom stereocenters. The number of hydrogen-bond donors (Lipinski definition) is 3. The van der Waals surface area contributed by atoms with E-state index >= 15 is 0 Å². The monoisotopic (exact) mass is 552 g/mol. The fraction of sp³-hybridized carbons (Fsp3) is 0.440. The standard InChI is InChI=1S/C25H36N4O2.HI/c1-5-20(3)29-24(30)23-13-9-12-22(14-23)16-28-25(26-4)27-15-19(2)17-31-18-21-10-7-6-8-11-21;/h6-14,19-20H,5,15-18H2,1-4H3,(H,29,30)(H2,26,27,28);1H. The minimum atomic E-state index is -0.0389. The SMILES string of the molecule is CCC(C)NC(=O)c1cccc(CNC(=NC)NCC(C)COCc2ccccc2)c1.I. The second-order valence-corrected chi connectivity index (χ2v) is 7.90. The zero-order valence-corrected chi connectivity index (χ0v) is 21.9. The van der Waals surface area contributed by atoms with Crippen molar-refractivity contribution in [1.29, 1.82) is 0 Å². The lowest BCUT2D eigenvalue weighted by Gasteiger charge is -2.17. The number of carbonyl (C=O) groups excluding carboxylic acids is 1. The number of guanidine groups is 1. The minimum absolute atomic E-state index is 0. The predicted octanol–water partition coefficient (Wildman–Crippen LogP) is 4.35. The van der Waals surface area contributed by atoms with Crippen molar-refractivity contribution in [3.63, 3.8) is 0 Å². The number of carbonyl (C=O) groups is 1. The van der Waals surface area contributed by atoms with Crippen LogP contribution in [0.1, 0.15) is 48.7 Å². The van der Waals surface area contributed by atoms with E-state index in [-0.39, 0.29) is 35.9 Å². The lowest BCUT2D eigenvalue weighted by atomic mass is 10.1. The molecular weight excluding hydrogens is 515 g/mol. The Morgan fingerprint density at radius 1 is 1.03 bits per heavy atom. The number of halogens is 1. The highest BCUT2D eigenvalue weighted by molar-refractivity contribution is 14.0. The molecule has 0 aliphatic rings. The molecule has 0 aromatic heterocycles. The van der Waals surface area contributed by atoms with Crippen molar-refractivity contribution in [3.8, 4) is 0 Å². The Hall–Kier alpha value is -2.13. The number of nitrogens with one attached hydrogen (secondary N) is 3. The van der Waals surface area contributed by atoms with E-state index in [2.05, 4.69) is 46.9 Å². The van der Waals surface area contributed by atoms with Crippen LogP contribution in [0.25, 0.3) is 0 Å². The summed E-state index contributed by atoms with van der Waals surface area (Å²) < 4.78 is 5.81. The molecule has 0 aliphatic heterocycles. The zero-order chi connectivity index (χ0) is 22.5. The number of nitrogens with zero attached hydrogens (tertiary/aromatic N) is 1. The van der Waals surface area contributed by atoms with Gasteiger partial charge < -0.3 is 20.7 Å². The molecule has 2 atom stereocenters. The quantitative estimate of drug-likeness (QED) is 0.220. The van der Waals surface area contributed by atoms with E-state index in [1.54, 1.807) is 7.05 Å². The van der Waals surface area contributed by atoms with Gasteiger partial charge in [-0.05, 0) is 42.5 Å². The third-order valence-corrected chi connectivity index (χ3v) is 4.99. The average Bonchev–Trinajstić information content (AvgIpc) is 2.80. The largest absolute Gasteiger partial charge is 0.376 e. The van der Waals surface area contributed by atoms with Crippen LogP contribution in [0.2, 0.25) is 0 Å². The van der Waals surface area contributed by atoms with Crippen molar-refractivity contribution < 1.29 is 9.53 Å². The molecule has 0 radical (unpaired) electrons. The zero-order valence-electron chi connectivity index (χ0n) is 19.6. The first-order chi connectivity index (χ1) is 15.0. The molecule has 2 aromatic rings. The normalized spacial score (nSPS) is 12.9. The number of aliphatic imine (C=N–C) groups is 1. The van der Waals surface area contributed by atoms with Crippen molar-refractivity contribution >= 4 is 35.8 Å². The van der Waals surface area contributed by atoms with Crippen molar-refractivity contribution in [2.45, 2.75) is 46.4 Å². The fourth-order valence-electron chi connectivity index (χ4n) is 2.92. The highest BCUT2D eigenvalue weighted by Crippen LogP contribution is 2.06. The Bertz CT molecular complexity index is 830. The Labute approximate surface area is 209 Å². The summed E-state index contributed by atoms with van der Waals surface area (Å²) in [6.45, 7) is 8.84. The van der Waals surface area contributed by atoms with Gasteiger partial charge in [0.25, 0.3) is 5.91 Å². The summed E-state index contributed by atoms with van der Waals surface area (Å²) in [5.41, 5.74) is 2.88. The molecule has 0 bridgehead atoms. The Balaban J connectivity index is 0.00000512. The molecule has 7 heteroatoms. The summed E-state index contributed by atoms with van der Waals surface area (Å²) in [5.74, 6) is 1.03. The highest BCUT2D eigenvalue weighted by atomic mass is 127. The van der Waals surface area contributed by atoms with E-state index in [1.807, 2.05) is 49.4 Å². The molecule has 0 heterocycles. The van der Waals surface area contributed by atoms with Gasteiger partial charge in [-0.15, -0.1) is 24.0 Å². The van der Waals surface area contributed by atoms with E-state index in [4.69, 9.17) is 4.74 Å². The van der Waals surface area contributed by atoms with Gasteiger partial charge in [-0.25, -0.2) is 0 Å². The van der Waals surface area contributed by atoms with Gasteiger partial charge in [0.05, 0.1) is 13.2 Å². The maximum atomic E-state index is 12.3. The summed E-state index contributed by atoms with van der Waals surface area (Å²) in [6, 6.07) is 18.0. The maximum Gasteiger partial charge on any atom is 0.251 e. The first-order valence-electron chi connectivity index (χ1n) is 11.0. The van der Waals surface area contributed by atoms with Crippen molar-refractivity contribution in [2.24, 2.45) is 10.9 Å². The first-order valence-corrected chi connectivity index (χ1v) is 11.0. The summed E-state index contributed by atoms with van der Waals surface area (Å²) in [6.07, 6.45) is 0.907. The summed E-state index contributed by atoms with van der Waals surface area (Å²) in [5, 5.41) is 9.65. The van der Waals surface area contributed by atoms with Gasteiger partial charge in [-0.1, -0.05) is 56.3 Å². The molecule has 0 spiro atoms. The third-order valence-electron chi connectivity index (χ3n) is 4.99. The van der Waals surface area contributed by atoms with Crippen molar-refractivity contribution in [1.82, 2.24) is 16.0 Å². The van der Waals surface area contributed by atoms with Crippen LogP contribution in [0.15, 0.2) is 59.6 Å². The molecule has 3 N–H and O–H groups in total. The average molecular weight is 553 g/mol. The van der Waals surface area contributed by atoms with Crippen LogP contribution >= 0.6 is 24.0 Å². The molecule has 176 valence electrons. The molecule has 1 amide bonds. The second kappa shape index (κ2) is 15.6. The minimum Gasteiger partial charge on any atom is -0.376 e. The lowest BCUT2D eigenvalue weighted by Crippen LogP contribution is -2.39. The van der Waals surface area contributed by atoms with E-state index in [0.717, 1.165) is 24.5 Å². The Morgan fingerprint density at radius 3 is 2.44 bits per heavy atom. The van der Waals surface area contributed by atoms with Crippen LogP contribution in [0.4, 0.5) is 0 Å². The summed E-state index contributed by atoms with van der Waals surface area (Å²) in [7, 11) is 1.75. The van der Waals surface area contributed by atoms with Gasteiger partial charge in [-0.3, -0.25) is 9.79 Å². The Kier molecular flexibility index (Phi) is 13.6. The van der Waals surface area contributed by atoms with Crippen LogP contribution < -0.4 is 16.0 Å². The van der Waals surface area contributed by atoms with E-state index in [0.29, 0.717) is 31.2 Å². The summed E-state index contributed by atoms with van der Waals surface area (Å²) >= 11 is 0. The lowest BCUT2D eigenvalue weighted by molar-refractivity contribution is 0.0931. The molecule has 0 saturated carbocycles. The van der Waals surface area contributed by atoms with Gasteiger partial charge in [0.1, 0.15) is 0 Å². The number of amides is 1.